The summed E-state index contributed by atoms with van der Waals surface area (Å²) in [6.45, 7) is 0. The van der Waals surface area contributed by atoms with E-state index in [4.69, 9.17) is 0 Å². The van der Waals surface area contributed by atoms with Crippen LogP contribution < -0.4 is 0 Å². The summed E-state index contributed by atoms with van der Waals surface area (Å²) in [5.41, 5.74) is 4.07. The third-order valence-electron chi connectivity index (χ3n) is 2.72. The Balaban J connectivity index is 0.00000133. The van der Waals surface area contributed by atoms with Crippen LogP contribution in [0.15, 0.2) is 67.4 Å². The van der Waals surface area contributed by atoms with Crippen molar-refractivity contribution in [2.45, 2.75) is 0 Å². The maximum atomic E-state index is 4.46. The Morgan fingerprint density at radius 3 is 1.95 bits per heavy atom. The Labute approximate surface area is 116 Å². The fraction of sp³-hybridized carbons (Fsp3) is 0. The van der Waals surface area contributed by atoms with Gasteiger partial charge in [0.25, 0.3) is 0 Å². The van der Waals surface area contributed by atoms with E-state index in [0.29, 0.717) is 0 Å². The molecule has 3 heterocycles. The standard InChI is InChI=1S/C15H11N3.Si/c1-4-12(10-16-7-1)14-6-3-9-18-15(14)13-5-2-8-17-11-13;/h1-11H;. The number of hydrogen-bond acceptors (Lipinski definition) is 3. The molecule has 0 saturated heterocycles. The molecule has 0 amide bonds. The first-order chi connectivity index (χ1) is 8.95. The summed E-state index contributed by atoms with van der Waals surface area (Å²) in [5, 5.41) is 0. The molecule has 0 atom stereocenters. The average Bonchev–Trinajstić information content (AvgIpc) is 2.49. The van der Waals surface area contributed by atoms with Crippen molar-refractivity contribution in [2.75, 3.05) is 0 Å². The summed E-state index contributed by atoms with van der Waals surface area (Å²) in [7, 11) is 0. The Kier molecular flexibility index (Phi) is 4.15. The second kappa shape index (κ2) is 6.02. The summed E-state index contributed by atoms with van der Waals surface area (Å²) in [6.07, 6.45) is 8.99. The lowest BCUT2D eigenvalue weighted by Crippen LogP contribution is -1.89. The van der Waals surface area contributed by atoms with Gasteiger partial charge in [0, 0.05) is 58.6 Å². The van der Waals surface area contributed by atoms with Gasteiger partial charge in [-0.3, -0.25) is 15.0 Å². The van der Waals surface area contributed by atoms with E-state index in [1.807, 2.05) is 48.8 Å². The molecular weight excluding hydrogens is 250 g/mol. The summed E-state index contributed by atoms with van der Waals surface area (Å²) in [5.74, 6) is 0. The SMILES string of the molecule is [Si].c1cncc(-c2cccnc2-c2cccnc2)c1. The number of hydrogen-bond donors (Lipinski definition) is 0. The highest BCUT2D eigenvalue weighted by atomic mass is 28.1. The van der Waals surface area contributed by atoms with Crippen molar-refractivity contribution in [2.24, 2.45) is 0 Å². The van der Waals surface area contributed by atoms with Gasteiger partial charge in [-0.1, -0.05) is 12.1 Å². The normalized spacial score (nSPS) is 9.68. The second-order valence-corrected chi connectivity index (χ2v) is 3.88. The first kappa shape index (κ1) is 13.1. The maximum absolute atomic E-state index is 4.46. The molecule has 0 aliphatic rings. The highest BCUT2D eigenvalue weighted by Gasteiger charge is 2.07. The van der Waals surface area contributed by atoms with Crippen molar-refractivity contribution in [3.8, 4) is 22.4 Å². The van der Waals surface area contributed by atoms with E-state index in [-0.39, 0.29) is 11.0 Å². The van der Waals surface area contributed by atoms with Crippen molar-refractivity contribution < 1.29 is 0 Å². The lowest BCUT2D eigenvalue weighted by molar-refractivity contribution is 1.27. The van der Waals surface area contributed by atoms with Crippen LogP contribution in [-0.2, 0) is 0 Å². The van der Waals surface area contributed by atoms with Gasteiger partial charge in [-0.15, -0.1) is 0 Å². The summed E-state index contributed by atoms with van der Waals surface area (Å²) in [4.78, 5) is 12.8. The summed E-state index contributed by atoms with van der Waals surface area (Å²) < 4.78 is 0. The predicted molar refractivity (Wildman–Crippen MR) is 76.5 cm³/mol. The topological polar surface area (TPSA) is 38.7 Å². The van der Waals surface area contributed by atoms with Gasteiger partial charge >= 0.3 is 0 Å². The monoisotopic (exact) mass is 261 g/mol. The first-order valence-corrected chi connectivity index (χ1v) is 5.71. The van der Waals surface area contributed by atoms with E-state index < -0.39 is 0 Å². The van der Waals surface area contributed by atoms with Crippen molar-refractivity contribution in [3.63, 3.8) is 0 Å². The minimum absolute atomic E-state index is 0. The van der Waals surface area contributed by atoms with Crippen molar-refractivity contribution in [1.29, 1.82) is 0 Å². The Bertz CT molecular complexity index is 583. The van der Waals surface area contributed by atoms with E-state index in [9.17, 15) is 0 Å². The molecule has 0 spiro atoms. The molecule has 0 saturated carbocycles. The highest BCUT2D eigenvalue weighted by Crippen LogP contribution is 2.28. The van der Waals surface area contributed by atoms with Crippen molar-refractivity contribution in [3.05, 3.63) is 67.4 Å². The lowest BCUT2D eigenvalue weighted by atomic mass is 10.0. The molecule has 3 aromatic heterocycles. The van der Waals surface area contributed by atoms with Crippen LogP contribution in [0.2, 0.25) is 0 Å². The minimum atomic E-state index is 0. The van der Waals surface area contributed by atoms with Crippen LogP contribution in [0.25, 0.3) is 22.4 Å². The number of nitrogens with zero attached hydrogens (tertiary/aromatic N) is 3. The van der Waals surface area contributed by atoms with Crippen LogP contribution in [0.3, 0.4) is 0 Å². The van der Waals surface area contributed by atoms with Crippen LogP contribution in [0.4, 0.5) is 0 Å². The number of pyridine rings is 3. The molecule has 4 radical (unpaired) electrons. The van der Waals surface area contributed by atoms with Gasteiger partial charge in [-0.2, -0.15) is 0 Å². The van der Waals surface area contributed by atoms with Gasteiger partial charge in [0.1, 0.15) is 0 Å². The van der Waals surface area contributed by atoms with Crippen LogP contribution >= 0.6 is 0 Å². The molecule has 0 fully saturated rings. The molecule has 0 bridgehead atoms. The quantitative estimate of drug-likeness (QED) is 0.666. The van der Waals surface area contributed by atoms with Gasteiger partial charge in [-0.05, 0) is 24.3 Å². The highest BCUT2D eigenvalue weighted by molar-refractivity contribution is 5.79. The van der Waals surface area contributed by atoms with Crippen molar-refractivity contribution >= 4 is 11.0 Å². The Morgan fingerprint density at radius 2 is 1.32 bits per heavy atom. The smallest absolute Gasteiger partial charge is 0.0796 e. The molecular formula is C15H11N3Si. The number of aromatic nitrogens is 3. The average molecular weight is 261 g/mol. The van der Waals surface area contributed by atoms with Gasteiger partial charge in [-0.25, -0.2) is 0 Å². The minimum Gasteiger partial charge on any atom is -0.264 e. The van der Waals surface area contributed by atoms with E-state index in [2.05, 4.69) is 15.0 Å². The summed E-state index contributed by atoms with van der Waals surface area (Å²) in [6, 6.07) is 11.9. The molecule has 0 aliphatic heterocycles. The van der Waals surface area contributed by atoms with Crippen molar-refractivity contribution in [1.82, 2.24) is 15.0 Å². The van der Waals surface area contributed by atoms with Crippen LogP contribution in [0, 0.1) is 0 Å². The molecule has 0 unspecified atom stereocenters. The zero-order valence-electron chi connectivity index (χ0n) is 10.2. The molecule has 90 valence electrons. The van der Waals surface area contributed by atoms with E-state index >= 15 is 0 Å². The van der Waals surface area contributed by atoms with Crippen LogP contribution in [0.5, 0.6) is 0 Å². The Morgan fingerprint density at radius 1 is 0.684 bits per heavy atom. The molecule has 3 aromatic rings. The zero-order valence-corrected chi connectivity index (χ0v) is 11.2. The van der Waals surface area contributed by atoms with E-state index in [1.54, 1.807) is 18.6 Å². The largest absolute Gasteiger partial charge is 0.264 e. The molecule has 3 rings (SSSR count). The Hall–Kier alpha value is -2.33. The summed E-state index contributed by atoms with van der Waals surface area (Å²) >= 11 is 0. The molecule has 0 aromatic carbocycles. The fourth-order valence-corrected chi connectivity index (χ4v) is 1.89. The van der Waals surface area contributed by atoms with E-state index in [1.165, 1.54) is 0 Å². The van der Waals surface area contributed by atoms with Gasteiger partial charge in [0.15, 0.2) is 0 Å². The van der Waals surface area contributed by atoms with Gasteiger partial charge < -0.3 is 0 Å². The zero-order chi connectivity index (χ0) is 12.2. The van der Waals surface area contributed by atoms with Crippen LogP contribution in [0.1, 0.15) is 0 Å². The molecule has 0 aliphatic carbocycles. The molecule has 0 N–H and O–H groups in total. The first-order valence-electron chi connectivity index (χ1n) is 5.71. The van der Waals surface area contributed by atoms with Crippen LogP contribution in [-0.4, -0.2) is 25.9 Å². The molecule has 19 heavy (non-hydrogen) atoms. The van der Waals surface area contributed by atoms with Gasteiger partial charge in [0.05, 0.1) is 5.69 Å². The third kappa shape index (κ3) is 2.74. The maximum Gasteiger partial charge on any atom is 0.0796 e. The molecule has 4 heteroatoms. The number of rotatable bonds is 2. The van der Waals surface area contributed by atoms with Gasteiger partial charge in [0.2, 0.25) is 0 Å². The lowest BCUT2D eigenvalue weighted by Gasteiger charge is -2.07. The fourth-order valence-electron chi connectivity index (χ4n) is 1.89. The third-order valence-corrected chi connectivity index (χ3v) is 2.72. The predicted octanol–water partition coefficient (Wildman–Crippen LogP) is 2.82. The molecule has 3 nitrogen and oxygen atoms in total. The second-order valence-electron chi connectivity index (χ2n) is 3.88. The van der Waals surface area contributed by atoms with E-state index in [0.717, 1.165) is 22.4 Å².